The minimum atomic E-state index is -0.697. The Bertz CT molecular complexity index is 949. The summed E-state index contributed by atoms with van der Waals surface area (Å²) in [7, 11) is 0. The third-order valence-electron chi connectivity index (χ3n) is 5.48. The lowest BCUT2D eigenvalue weighted by molar-refractivity contribution is -0.138. The predicted octanol–water partition coefficient (Wildman–Crippen LogP) is 3.06. The van der Waals surface area contributed by atoms with E-state index in [1.54, 1.807) is 18.2 Å². The van der Waals surface area contributed by atoms with E-state index in [4.69, 9.17) is 16.0 Å². The van der Waals surface area contributed by atoms with Crippen LogP contribution in [0.5, 0.6) is 0 Å². The van der Waals surface area contributed by atoms with Crippen molar-refractivity contribution in [1.82, 2.24) is 9.80 Å². The van der Waals surface area contributed by atoms with Crippen LogP contribution in [0.3, 0.4) is 0 Å². The van der Waals surface area contributed by atoms with Crippen molar-refractivity contribution in [3.05, 3.63) is 45.3 Å². The molecule has 0 N–H and O–H groups in total. The summed E-state index contributed by atoms with van der Waals surface area (Å²) < 4.78 is 5.25. The number of rotatable bonds is 2. The zero-order valence-electron chi connectivity index (χ0n) is 14.9. The van der Waals surface area contributed by atoms with Crippen molar-refractivity contribution >= 4 is 34.4 Å². The Hall–Kier alpha value is -2.34. The van der Waals surface area contributed by atoms with Crippen LogP contribution in [-0.4, -0.2) is 47.3 Å². The molecule has 7 heteroatoms. The van der Waals surface area contributed by atoms with Crippen LogP contribution < -0.4 is 5.63 Å². The average Bonchev–Trinajstić information content (AvgIpc) is 2.68. The summed E-state index contributed by atoms with van der Waals surface area (Å²) in [6.45, 7) is 0.941. The zero-order valence-corrected chi connectivity index (χ0v) is 15.7. The van der Waals surface area contributed by atoms with Crippen molar-refractivity contribution in [2.24, 2.45) is 0 Å². The van der Waals surface area contributed by atoms with E-state index in [0.717, 1.165) is 25.7 Å². The minimum absolute atomic E-state index is 0.00234. The van der Waals surface area contributed by atoms with Gasteiger partial charge in [-0.3, -0.25) is 9.59 Å². The highest BCUT2D eigenvalue weighted by molar-refractivity contribution is 6.31. The van der Waals surface area contributed by atoms with Gasteiger partial charge in [-0.15, -0.1) is 0 Å². The van der Waals surface area contributed by atoms with E-state index in [1.165, 1.54) is 17.4 Å². The first kappa shape index (κ1) is 18.0. The summed E-state index contributed by atoms with van der Waals surface area (Å²) in [5.74, 6) is -0.517. The molecule has 2 fully saturated rings. The molecule has 1 aromatic carbocycles. The van der Waals surface area contributed by atoms with Crippen LogP contribution in [0.25, 0.3) is 11.0 Å². The van der Waals surface area contributed by atoms with E-state index in [0.29, 0.717) is 29.1 Å². The van der Waals surface area contributed by atoms with Gasteiger partial charge in [-0.2, -0.15) is 0 Å². The van der Waals surface area contributed by atoms with Gasteiger partial charge in [-0.1, -0.05) is 30.9 Å². The maximum Gasteiger partial charge on any atom is 0.349 e. The molecule has 0 bridgehead atoms. The van der Waals surface area contributed by atoms with Crippen LogP contribution in [0.15, 0.2) is 33.5 Å². The second-order valence-corrected chi connectivity index (χ2v) is 7.67. The molecule has 0 radical (unpaired) electrons. The van der Waals surface area contributed by atoms with E-state index in [-0.39, 0.29) is 24.1 Å². The van der Waals surface area contributed by atoms with Gasteiger partial charge in [0.25, 0.3) is 5.91 Å². The largest absolute Gasteiger partial charge is 0.422 e. The van der Waals surface area contributed by atoms with Crippen molar-refractivity contribution in [1.29, 1.82) is 0 Å². The predicted molar refractivity (Wildman–Crippen MR) is 102 cm³/mol. The summed E-state index contributed by atoms with van der Waals surface area (Å²) in [4.78, 5) is 41.0. The molecule has 1 saturated heterocycles. The third kappa shape index (κ3) is 3.58. The molecule has 142 valence electrons. The molecular weight excluding hydrogens is 368 g/mol. The van der Waals surface area contributed by atoms with E-state index in [2.05, 4.69) is 0 Å². The molecule has 1 aliphatic carbocycles. The fourth-order valence-electron chi connectivity index (χ4n) is 4.05. The molecule has 27 heavy (non-hydrogen) atoms. The van der Waals surface area contributed by atoms with Crippen LogP contribution >= 0.6 is 11.6 Å². The van der Waals surface area contributed by atoms with Gasteiger partial charge in [0.2, 0.25) is 5.91 Å². The molecule has 0 unspecified atom stereocenters. The summed E-state index contributed by atoms with van der Waals surface area (Å²) in [5.41, 5.74) is -0.389. The van der Waals surface area contributed by atoms with Gasteiger partial charge in [0.1, 0.15) is 17.7 Å². The molecule has 1 aliphatic heterocycles. The van der Waals surface area contributed by atoms with Crippen molar-refractivity contribution in [3.63, 3.8) is 0 Å². The summed E-state index contributed by atoms with van der Waals surface area (Å²) in [6.07, 6.45) is 5.60. The number of hydrogen-bond acceptors (Lipinski definition) is 4. The SMILES string of the molecule is O=C(c1cc2cc(Cl)ccc2oc1=O)N1CCN(C2CCCCC2)C(=O)C1. The van der Waals surface area contributed by atoms with Crippen LogP contribution in [0, 0.1) is 0 Å². The molecule has 2 amide bonds. The van der Waals surface area contributed by atoms with Gasteiger partial charge in [0.15, 0.2) is 0 Å². The Morgan fingerprint density at radius 1 is 1.07 bits per heavy atom. The Labute approximate surface area is 161 Å². The van der Waals surface area contributed by atoms with Gasteiger partial charge in [-0.25, -0.2) is 4.79 Å². The van der Waals surface area contributed by atoms with E-state index in [1.807, 2.05) is 4.90 Å². The molecule has 0 atom stereocenters. The average molecular weight is 389 g/mol. The summed E-state index contributed by atoms with van der Waals surface area (Å²) in [5, 5.41) is 1.07. The minimum Gasteiger partial charge on any atom is -0.422 e. The highest BCUT2D eigenvalue weighted by atomic mass is 35.5. The molecular formula is C20H21ClN2O4. The summed E-state index contributed by atoms with van der Waals surface area (Å²) >= 11 is 5.98. The first-order valence-corrected chi connectivity index (χ1v) is 9.73. The second kappa shape index (κ2) is 7.35. The lowest BCUT2D eigenvalue weighted by Crippen LogP contribution is -2.56. The van der Waals surface area contributed by atoms with Crippen molar-refractivity contribution in [3.8, 4) is 0 Å². The van der Waals surface area contributed by atoms with Gasteiger partial charge in [0, 0.05) is 29.5 Å². The first-order chi connectivity index (χ1) is 13.0. The maximum atomic E-state index is 12.8. The molecule has 6 nitrogen and oxygen atoms in total. The second-order valence-electron chi connectivity index (χ2n) is 7.24. The monoisotopic (exact) mass is 388 g/mol. The Morgan fingerprint density at radius 3 is 2.59 bits per heavy atom. The topological polar surface area (TPSA) is 70.8 Å². The number of benzene rings is 1. The van der Waals surface area contributed by atoms with Crippen molar-refractivity contribution in [2.75, 3.05) is 19.6 Å². The first-order valence-electron chi connectivity index (χ1n) is 9.35. The zero-order chi connectivity index (χ0) is 19.0. The third-order valence-corrected chi connectivity index (χ3v) is 5.72. The number of fused-ring (bicyclic) bond motifs is 1. The van der Waals surface area contributed by atoms with Crippen LogP contribution in [0.1, 0.15) is 42.5 Å². The van der Waals surface area contributed by atoms with E-state index >= 15 is 0 Å². The summed E-state index contributed by atoms with van der Waals surface area (Å²) in [6, 6.07) is 6.64. The number of carbonyl (C=O) groups is 2. The molecule has 2 aromatic rings. The van der Waals surface area contributed by atoms with E-state index in [9.17, 15) is 14.4 Å². The van der Waals surface area contributed by atoms with Crippen LogP contribution in [0.4, 0.5) is 0 Å². The number of halogens is 1. The number of hydrogen-bond donors (Lipinski definition) is 0. The van der Waals surface area contributed by atoms with Crippen LogP contribution in [-0.2, 0) is 4.79 Å². The Balaban J connectivity index is 1.53. The molecule has 0 spiro atoms. The smallest absolute Gasteiger partial charge is 0.349 e. The lowest BCUT2D eigenvalue weighted by atomic mass is 9.93. The quantitative estimate of drug-likeness (QED) is 0.741. The Kier molecular flexibility index (Phi) is 4.91. The van der Waals surface area contributed by atoms with Gasteiger partial charge in [-0.05, 0) is 37.1 Å². The number of carbonyl (C=O) groups excluding carboxylic acids is 2. The normalized spacial score (nSPS) is 18.9. The molecule has 4 rings (SSSR count). The van der Waals surface area contributed by atoms with E-state index < -0.39 is 11.5 Å². The number of nitrogens with zero attached hydrogens (tertiary/aromatic N) is 2. The fraction of sp³-hybridized carbons (Fsp3) is 0.450. The van der Waals surface area contributed by atoms with Crippen molar-refractivity contribution < 1.29 is 14.0 Å². The van der Waals surface area contributed by atoms with Crippen LogP contribution in [0.2, 0.25) is 5.02 Å². The Morgan fingerprint density at radius 2 is 1.85 bits per heavy atom. The van der Waals surface area contributed by atoms with Gasteiger partial charge < -0.3 is 14.2 Å². The molecule has 1 aromatic heterocycles. The molecule has 2 heterocycles. The van der Waals surface area contributed by atoms with Crippen molar-refractivity contribution in [2.45, 2.75) is 38.1 Å². The number of amides is 2. The maximum absolute atomic E-state index is 12.8. The molecule has 1 saturated carbocycles. The van der Waals surface area contributed by atoms with Gasteiger partial charge in [0.05, 0.1) is 0 Å². The van der Waals surface area contributed by atoms with Gasteiger partial charge >= 0.3 is 5.63 Å². The number of piperazine rings is 1. The lowest BCUT2D eigenvalue weighted by Gasteiger charge is -2.40. The standard InChI is InChI=1S/C20H21ClN2O4/c21-14-6-7-17-13(10-14)11-16(20(26)27-17)19(25)22-8-9-23(18(24)12-22)15-4-2-1-3-5-15/h6-7,10-11,15H,1-5,8-9,12H2. The highest BCUT2D eigenvalue weighted by Gasteiger charge is 2.33. The highest BCUT2D eigenvalue weighted by Crippen LogP contribution is 2.24. The fourth-order valence-corrected chi connectivity index (χ4v) is 4.23. The molecule has 2 aliphatic rings.